The van der Waals surface area contributed by atoms with E-state index in [1.165, 1.54) is 69.1 Å². The van der Waals surface area contributed by atoms with E-state index in [-0.39, 0.29) is 11.9 Å². The average molecular weight is 498 g/mol. The monoisotopic (exact) mass is 497 g/mol. The lowest BCUT2D eigenvalue weighted by atomic mass is 10.0. The number of unbranched alkanes of at least 4 members (excludes halogenated alkanes) is 12. The van der Waals surface area contributed by atoms with E-state index in [1.807, 2.05) is 0 Å². The highest BCUT2D eigenvalue weighted by Gasteiger charge is 2.30. The summed E-state index contributed by atoms with van der Waals surface area (Å²) in [4.78, 5) is 26.9. The second-order valence-corrected chi connectivity index (χ2v) is 10.8. The zero-order chi connectivity index (χ0) is 26.3. The summed E-state index contributed by atoms with van der Waals surface area (Å²) in [7, 11) is 1.66. The van der Waals surface area contributed by atoms with Gasteiger partial charge < -0.3 is 9.47 Å². The maximum Gasteiger partial charge on any atom is 0.410 e. The molecular formula is C30H59NO4. The summed E-state index contributed by atoms with van der Waals surface area (Å²) in [5.74, 6) is 0.357. The Morgan fingerprint density at radius 3 is 1.71 bits per heavy atom. The van der Waals surface area contributed by atoms with E-state index in [0.29, 0.717) is 25.6 Å². The van der Waals surface area contributed by atoms with Gasteiger partial charge in [-0.3, -0.25) is 4.90 Å². The topological polar surface area (TPSA) is 55.8 Å². The minimum absolute atomic E-state index is 0.280. The van der Waals surface area contributed by atoms with E-state index in [4.69, 9.17) is 9.47 Å². The van der Waals surface area contributed by atoms with E-state index in [2.05, 4.69) is 34.6 Å². The van der Waals surface area contributed by atoms with Crippen LogP contribution in [0.25, 0.3) is 0 Å². The molecule has 0 bridgehead atoms. The Labute approximate surface area is 218 Å². The van der Waals surface area contributed by atoms with Crippen molar-refractivity contribution in [1.82, 2.24) is 4.90 Å². The fourth-order valence-corrected chi connectivity index (χ4v) is 4.39. The molecule has 5 nitrogen and oxygen atoms in total. The van der Waals surface area contributed by atoms with Gasteiger partial charge in [0, 0.05) is 7.05 Å². The molecule has 0 saturated heterocycles. The molecular weight excluding hydrogens is 438 g/mol. The molecule has 0 fully saturated rings. The smallest absolute Gasteiger partial charge is 0.410 e. The molecule has 2 unspecified atom stereocenters. The Kier molecular flexibility index (Phi) is 22.3. The zero-order valence-corrected chi connectivity index (χ0v) is 24.2. The lowest BCUT2D eigenvalue weighted by Gasteiger charge is -2.28. The van der Waals surface area contributed by atoms with Crippen LogP contribution in [0.5, 0.6) is 0 Å². The molecule has 0 aliphatic rings. The van der Waals surface area contributed by atoms with Crippen LogP contribution in [0.2, 0.25) is 0 Å². The van der Waals surface area contributed by atoms with Gasteiger partial charge in [-0.2, -0.15) is 0 Å². The van der Waals surface area contributed by atoms with Gasteiger partial charge in [0.15, 0.2) is 0 Å². The summed E-state index contributed by atoms with van der Waals surface area (Å²) in [6.07, 6.45) is 19.8. The number of esters is 1. The van der Waals surface area contributed by atoms with E-state index in [9.17, 15) is 9.59 Å². The molecule has 5 heteroatoms. The first-order chi connectivity index (χ1) is 16.9. The first-order valence-corrected chi connectivity index (χ1v) is 14.9. The fraction of sp³-hybridized carbons (Fsp3) is 0.933. The quantitative estimate of drug-likeness (QED) is 0.104. The molecule has 0 aromatic heterocycles. The molecule has 0 radical (unpaired) electrons. The van der Waals surface area contributed by atoms with E-state index < -0.39 is 12.1 Å². The van der Waals surface area contributed by atoms with Crippen molar-refractivity contribution in [3.05, 3.63) is 0 Å². The van der Waals surface area contributed by atoms with Crippen LogP contribution in [0.3, 0.4) is 0 Å². The standard InChI is InChI=1S/C30H59NO4/c1-7-10-12-13-14-15-16-17-18-19-20-21-23-34-29(32)28(24-26(4)5)31(6)30(33)35-25-27(9-3)22-11-8-2/h26-28H,7-25H2,1-6H3. The Balaban J connectivity index is 4.19. The first-order valence-electron chi connectivity index (χ1n) is 14.9. The van der Waals surface area contributed by atoms with Crippen molar-refractivity contribution >= 4 is 12.1 Å². The normalized spacial score (nSPS) is 13.0. The molecule has 0 aromatic rings. The molecule has 0 spiro atoms. The van der Waals surface area contributed by atoms with Gasteiger partial charge in [-0.25, -0.2) is 9.59 Å². The molecule has 2 atom stereocenters. The van der Waals surface area contributed by atoms with Gasteiger partial charge in [-0.1, -0.05) is 125 Å². The average Bonchev–Trinajstić information content (AvgIpc) is 2.84. The molecule has 0 heterocycles. The summed E-state index contributed by atoms with van der Waals surface area (Å²) < 4.78 is 11.1. The number of amides is 1. The Morgan fingerprint density at radius 1 is 0.714 bits per heavy atom. The number of carbonyl (C=O) groups excluding carboxylic acids is 2. The molecule has 0 aliphatic heterocycles. The first kappa shape index (κ1) is 33.7. The minimum atomic E-state index is -0.587. The maximum atomic E-state index is 12.8. The number of carbonyl (C=O) groups is 2. The summed E-state index contributed by atoms with van der Waals surface area (Å²) >= 11 is 0. The van der Waals surface area contributed by atoms with Crippen molar-refractivity contribution in [2.45, 2.75) is 150 Å². The van der Waals surface area contributed by atoms with Gasteiger partial charge in [0.05, 0.1) is 13.2 Å². The fourth-order valence-electron chi connectivity index (χ4n) is 4.39. The third kappa shape index (κ3) is 18.6. The third-order valence-corrected chi connectivity index (χ3v) is 6.95. The van der Waals surface area contributed by atoms with Crippen molar-refractivity contribution in [2.24, 2.45) is 11.8 Å². The van der Waals surface area contributed by atoms with Crippen LogP contribution >= 0.6 is 0 Å². The molecule has 0 rings (SSSR count). The lowest BCUT2D eigenvalue weighted by molar-refractivity contribution is -0.149. The van der Waals surface area contributed by atoms with Crippen LogP contribution in [0.1, 0.15) is 144 Å². The van der Waals surface area contributed by atoms with Crippen molar-refractivity contribution in [1.29, 1.82) is 0 Å². The molecule has 0 saturated carbocycles. The molecule has 35 heavy (non-hydrogen) atoms. The number of hydrogen-bond donors (Lipinski definition) is 0. The zero-order valence-electron chi connectivity index (χ0n) is 24.2. The SMILES string of the molecule is CCCCCCCCCCCCCCOC(=O)C(CC(C)C)N(C)C(=O)OCC(CC)CCCC. The summed E-state index contributed by atoms with van der Waals surface area (Å²) in [6.45, 7) is 11.5. The molecule has 208 valence electrons. The number of rotatable bonds is 23. The van der Waals surface area contributed by atoms with Crippen molar-refractivity contribution in [3.8, 4) is 0 Å². The van der Waals surface area contributed by atoms with E-state index >= 15 is 0 Å². The molecule has 0 N–H and O–H groups in total. The van der Waals surface area contributed by atoms with Crippen molar-refractivity contribution in [2.75, 3.05) is 20.3 Å². The van der Waals surface area contributed by atoms with E-state index in [0.717, 1.165) is 38.5 Å². The van der Waals surface area contributed by atoms with Gasteiger partial charge in [0.1, 0.15) is 6.04 Å². The van der Waals surface area contributed by atoms with Crippen LogP contribution in [0, 0.1) is 11.8 Å². The van der Waals surface area contributed by atoms with Crippen LogP contribution in [-0.2, 0) is 14.3 Å². The van der Waals surface area contributed by atoms with Gasteiger partial charge in [-0.15, -0.1) is 0 Å². The van der Waals surface area contributed by atoms with Crippen molar-refractivity contribution < 1.29 is 19.1 Å². The largest absolute Gasteiger partial charge is 0.464 e. The summed E-state index contributed by atoms with van der Waals surface area (Å²) in [5.41, 5.74) is 0. The van der Waals surface area contributed by atoms with Gasteiger partial charge in [0.2, 0.25) is 0 Å². The number of ether oxygens (including phenoxy) is 2. The number of hydrogen-bond acceptors (Lipinski definition) is 4. The van der Waals surface area contributed by atoms with E-state index in [1.54, 1.807) is 7.05 Å². The highest BCUT2D eigenvalue weighted by atomic mass is 16.6. The van der Waals surface area contributed by atoms with Gasteiger partial charge in [0.25, 0.3) is 0 Å². The number of likely N-dealkylation sites (N-methyl/N-ethyl adjacent to an activating group) is 1. The molecule has 0 aliphatic carbocycles. The van der Waals surface area contributed by atoms with Crippen LogP contribution in [-0.4, -0.2) is 43.3 Å². The summed E-state index contributed by atoms with van der Waals surface area (Å²) in [6, 6.07) is -0.587. The Hall–Kier alpha value is -1.26. The highest BCUT2D eigenvalue weighted by molar-refractivity contribution is 5.81. The van der Waals surface area contributed by atoms with Gasteiger partial charge in [-0.05, 0) is 31.1 Å². The second-order valence-electron chi connectivity index (χ2n) is 10.8. The maximum absolute atomic E-state index is 12.8. The predicted molar refractivity (Wildman–Crippen MR) is 148 cm³/mol. The summed E-state index contributed by atoms with van der Waals surface area (Å²) in [5, 5.41) is 0. The van der Waals surface area contributed by atoms with Crippen LogP contribution in [0.4, 0.5) is 4.79 Å². The Bertz CT molecular complexity index is 509. The molecule has 1 amide bonds. The van der Waals surface area contributed by atoms with Gasteiger partial charge >= 0.3 is 12.1 Å². The van der Waals surface area contributed by atoms with Crippen LogP contribution in [0.15, 0.2) is 0 Å². The Morgan fingerprint density at radius 2 is 1.23 bits per heavy atom. The second kappa shape index (κ2) is 23.2. The number of nitrogens with zero attached hydrogens (tertiary/aromatic N) is 1. The third-order valence-electron chi connectivity index (χ3n) is 6.95. The minimum Gasteiger partial charge on any atom is -0.464 e. The lowest BCUT2D eigenvalue weighted by Crippen LogP contribution is -2.44. The molecule has 0 aromatic carbocycles. The van der Waals surface area contributed by atoms with Crippen molar-refractivity contribution in [3.63, 3.8) is 0 Å². The highest BCUT2D eigenvalue weighted by Crippen LogP contribution is 2.17. The predicted octanol–water partition coefficient (Wildman–Crippen LogP) is 8.93. The van der Waals surface area contributed by atoms with Crippen LogP contribution < -0.4 is 0 Å².